The van der Waals surface area contributed by atoms with Crippen molar-refractivity contribution in [1.29, 1.82) is 0 Å². The third-order valence-electron chi connectivity index (χ3n) is 9.82. The van der Waals surface area contributed by atoms with Crippen LogP contribution in [0.3, 0.4) is 0 Å². The number of likely N-dealkylation sites (N-methyl/N-ethyl adjacent to an activating group) is 1. The zero-order chi connectivity index (χ0) is 32.6. The number of hydrogen-bond acceptors (Lipinski definition) is 6. The molecule has 6 rings (SSSR count). The highest BCUT2D eigenvalue weighted by atomic mass is 32.2. The molecule has 4 aliphatic rings. The first-order valence-electron chi connectivity index (χ1n) is 16.6. The van der Waals surface area contributed by atoms with Gasteiger partial charge in [0, 0.05) is 76.1 Å². The minimum Gasteiger partial charge on any atom is -0.366 e. The van der Waals surface area contributed by atoms with E-state index >= 15 is 4.39 Å². The summed E-state index contributed by atoms with van der Waals surface area (Å²) in [6.07, 6.45) is 2.32. The molecular formula is C35H47FN6O3S. The van der Waals surface area contributed by atoms with Crippen LogP contribution in [-0.2, 0) is 16.1 Å². The number of likely N-dealkylation sites (tertiary alicyclic amines) is 1. The van der Waals surface area contributed by atoms with Gasteiger partial charge in [0.1, 0.15) is 11.2 Å². The summed E-state index contributed by atoms with van der Waals surface area (Å²) in [5, 5.41) is 2.12. The zero-order valence-corrected chi connectivity index (χ0v) is 28.3. The average molecular weight is 651 g/mol. The van der Waals surface area contributed by atoms with E-state index in [2.05, 4.69) is 42.9 Å². The van der Waals surface area contributed by atoms with Crippen molar-refractivity contribution in [3.63, 3.8) is 0 Å². The van der Waals surface area contributed by atoms with E-state index in [0.29, 0.717) is 44.7 Å². The van der Waals surface area contributed by atoms with Gasteiger partial charge < -0.3 is 29.8 Å². The lowest BCUT2D eigenvalue weighted by atomic mass is 9.92. The topological polar surface area (TPSA) is 79.4 Å². The molecule has 0 aliphatic carbocycles. The normalized spacial score (nSPS) is 23.2. The minimum atomic E-state index is -0.525. The van der Waals surface area contributed by atoms with Crippen molar-refractivity contribution in [3.05, 3.63) is 59.4 Å². The Morgan fingerprint density at radius 2 is 1.70 bits per heavy atom. The molecule has 0 spiro atoms. The number of rotatable bonds is 7. The summed E-state index contributed by atoms with van der Waals surface area (Å²) in [5.41, 5.74) is 3.37. The number of nitrogens with zero attached hydrogens (tertiary/aromatic N) is 5. The van der Waals surface area contributed by atoms with Crippen molar-refractivity contribution in [3.8, 4) is 0 Å². The molecule has 248 valence electrons. The first-order valence-corrected chi connectivity index (χ1v) is 17.5. The van der Waals surface area contributed by atoms with Crippen LogP contribution in [0.2, 0.25) is 0 Å². The van der Waals surface area contributed by atoms with Gasteiger partial charge in [0.05, 0.1) is 10.9 Å². The molecule has 0 radical (unpaired) electrons. The van der Waals surface area contributed by atoms with Gasteiger partial charge in [0.25, 0.3) is 0 Å². The molecule has 2 atom stereocenters. The fraction of sp³-hybridized carbons (Fsp3) is 0.571. The van der Waals surface area contributed by atoms with Crippen LogP contribution in [0.15, 0.2) is 42.5 Å². The molecule has 1 N–H and O–H groups in total. The molecule has 46 heavy (non-hydrogen) atoms. The van der Waals surface area contributed by atoms with Gasteiger partial charge in [0.15, 0.2) is 0 Å². The molecule has 2 aromatic rings. The van der Waals surface area contributed by atoms with Crippen LogP contribution in [-0.4, -0.2) is 102 Å². The summed E-state index contributed by atoms with van der Waals surface area (Å²) in [6.45, 7) is 11.8. The smallest absolute Gasteiger partial charge is 0.322 e. The van der Waals surface area contributed by atoms with Crippen molar-refractivity contribution in [2.75, 3.05) is 63.1 Å². The molecule has 2 unspecified atom stereocenters. The van der Waals surface area contributed by atoms with Gasteiger partial charge in [-0.3, -0.25) is 9.59 Å². The van der Waals surface area contributed by atoms with Crippen LogP contribution >= 0.6 is 11.8 Å². The van der Waals surface area contributed by atoms with Crippen molar-refractivity contribution in [2.45, 2.75) is 69.7 Å². The lowest BCUT2D eigenvalue weighted by Crippen LogP contribution is -2.51. The average Bonchev–Trinajstić information content (AvgIpc) is 3.34. The minimum absolute atomic E-state index is 0.0172. The molecule has 0 aromatic heterocycles. The fourth-order valence-electron chi connectivity index (χ4n) is 6.97. The van der Waals surface area contributed by atoms with E-state index in [9.17, 15) is 14.4 Å². The van der Waals surface area contributed by atoms with Gasteiger partial charge in [-0.1, -0.05) is 51.1 Å². The maximum Gasteiger partial charge on any atom is 0.322 e. The van der Waals surface area contributed by atoms with Gasteiger partial charge in [-0.25, -0.2) is 9.18 Å². The van der Waals surface area contributed by atoms with Gasteiger partial charge in [-0.2, -0.15) is 0 Å². The number of benzene rings is 2. The van der Waals surface area contributed by atoms with Crippen molar-refractivity contribution >= 4 is 41.0 Å². The highest BCUT2D eigenvalue weighted by Crippen LogP contribution is 2.48. The van der Waals surface area contributed by atoms with Gasteiger partial charge >= 0.3 is 6.03 Å². The Balaban J connectivity index is 1.14. The van der Waals surface area contributed by atoms with Crippen LogP contribution in [0, 0.1) is 11.2 Å². The van der Waals surface area contributed by atoms with E-state index < -0.39 is 5.25 Å². The molecule has 4 heterocycles. The van der Waals surface area contributed by atoms with E-state index in [1.807, 2.05) is 45.0 Å². The van der Waals surface area contributed by atoms with Crippen LogP contribution in [0.1, 0.15) is 63.0 Å². The SMILES string of the molecule is CN1CCN(c2c(F)cccc2C2SC(CC(=O)N3CCC(N4Cc5ccccc5NC4=O)CC3)C(=O)N2CCC(C)(C)C)CC1. The molecule has 9 nitrogen and oxygen atoms in total. The highest BCUT2D eigenvalue weighted by molar-refractivity contribution is 8.01. The first-order chi connectivity index (χ1) is 22.0. The van der Waals surface area contributed by atoms with Crippen molar-refractivity contribution in [2.24, 2.45) is 5.41 Å². The second-order valence-corrected chi connectivity index (χ2v) is 15.6. The number of nitrogens with one attached hydrogen (secondary N) is 1. The Kier molecular flexibility index (Phi) is 9.53. The van der Waals surface area contributed by atoms with Crippen LogP contribution in [0.5, 0.6) is 0 Å². The highest BCUT2D eigenvalue weighted by Gasteiger charge is 2.44. The number of piperidine rings is 1. The number of fused-ring (bicyclic) bond motifs is 1. The number of hydrogen-bond donors (Lipinski definition) is 1. The maximum absolute atomic E-state index is 15.5. The first kappa shape index (κ1) is 32.6. The Labute approximate surface area is 276 Å². The molecule has 3 saturated heterocycles. The molecule has 3 fully saturated rings. The number of anilines is 2. The third kappa shape index (κ3) is 7.00. The summed E-state index contributed by atoms with van der Waals surface area (Å²) in [4.78, 5) is 50.5. The molecule has 4 amide bonds. The Bertz CT molecular complexity index is 1450. The third-order valence-corrected chi connectivity index (χ3v) is 11.3. The van der Waals surface area contributed by atoms with E-state index in [1.54, 1.807) is 6.07 Å². The maximum atomic E-state index is 15.5. The monoisotopic (exact) mass is 650 g/mol. The summed E-state index contributed by atoms with van der Waals surface area (Å²) in [6, 6.07) is 13.0. The van der Waals surface area contributed by atoms with Crippen molar-refractivity contribution < 1.29 is 18.8 Å². The fourth-order valence-corrected chi connectivity index (χ4v) is 8.47. The summed E-state index contributed by atoms with van der Waals surface area (Å²) in [5.74, 6) is -0.341. The number of halogens is 1. The lowest BCUT2D eigenvalue weighted by molar-refractivity contribution is -0.137. The summed E-state index contributed by atoms with van der Waals surface area (Å²) >= 11 is 1.49. The number of carbonyl (C=O) groups is 3. The number of para-hydroxylation sites is 2. The van der Waals surface area contributed by atoms with E-state index in [1.165, 1.54) is 17.8 Å². The molecule has 0 bridgehead atoms. The lowest BCUT2D eigenvalue weighted by Gasteiger charge is -2.40. The quantitative estimate of drug-likeness (QED) is 0.434. The second kappa shape index (κ2) is 13.4. The molecule has 2 aromatic carbocycles. The Morgan fingerprint density at radius 1 is 0.978 bits per heavy atom. The van der Waals surface area contributed by atoms with Crippen LogP contribution in [0.25, 0.3) is 0 Å². The van der Waals surface area contributed by atoms with Gasteiger partial charge in [0.2, 0.25) is 11.8 Å². The molecule has 11 heteroatoms. The summed E-state index contributed by atoms with van der Waals surface area (Å²) in [7, 11) is 2.08. The molecular weight excluding hydrogens is 603 g/mol. The Hall–Kier alpha value is -3.31. The van der Waals surface area contributed by atoms with E-state index in [-0.39, 0.29) is 46.9 Å². The molecule has 4 aliphatic heterocycles. The van der Waals surface area contributed by atoms with Gasteiger partial charge in [-0.15, -0.1) is 11.8 Å². The van der Waals surface area contributed by atoms with E-state index in [4.69, 9.17) is 0 Å². The summed E-state index contributed by atoms with van der Waals surface area (Å²) < 4.78 is 15.5. The number of piperazine rings is 1. The molecule has 0 saturated carbocycles. The number of thioether (sulfide) groups is 1. The second-order valence-electron chi connectivity index (χ2n) is 14.3. The van der Waals surface area contributed by atoms with Crippen LogP contribution < -0.4 is 10.2 Å². The number of urea groups is 1. The number of carbonyl (C=O) groups excluding carboxylic acids is 3. The van der Waals surface area contributed by atoms with E-state index in [0.717, 1.165) is 49.4 Å². The largest absolute Gasteiger partial charge is 0.366 e. The number of amides is 4. The zero-order valence-electron chi connectivity index (χ0n) is 27.5. The predicted molar refractivity (Wildman–Crippen MR) is 181 cm³/mol. The van der Waals surface area contributed by atoms with Crippen molar-refractivity contribution in [1.82, 2.24) is 19.6 Å². The Morgan fingerprint density at radius 3 is 2.41 bits per heavy atom. The standard InChI is InChI=1S/C35H47FN6O3S/c1-35(2,3)14-17-41-32(44)29(46-33(41)26-9-7-10-27(36)31(26)40-20-18-38(4)19-21-40)22-30(43)39-15-12-25(13-16-39)42-23-24-8-5-6-11-28(24)37-34(42)45/h5-11,25,29,33H,12-23H2,1-4H3,(H,37,45). The predicted octanol–water partition coefficient (Wildman–Crippen LogP) is 5.39. The van der Waals surface area contributed by atoms with Gasteiger partial charge in [-0.05, 0) is 49.4 Å². The van der Waals surface area contributed by atoms with Crippen LogP contribution in [0.4, 0.5) is 20.6 Å².